The molecule has 3 atom stereocenters. The van der Waals surface area contributed by atoms with Crippen molar-refractivity contribution in [1.82, 2.24) is 0 Å². The number of rotatable bonds is 5. The summed E-state index contributed by atoms with van der Waals surface area (Å²) in [5.74, 6) is 3.69. The third-order valence-corrected chi connectivity index (χ3v) is 4.98. The Morgan fingerprint density at radius 2 is 1.94 bits per heavy atom. The highest BCUT2D eigenvalue weighted by Crippen LogP contribution is 2.48. The van der Waals surface area contributed by atoms with E-state index in [1.54, 1.807) is 0 Å². The lowest BCUT2D eigenvalue weighted by molar-refractivity contribution is 0.348. The summed E-state index contributed by atoms with van der Waals surface area (Å²) in [5, 5.41) is 3.61. The summed E-state index contributed by atoms with van der Waals surface area (Å²) in [4.78, 5) is 0. The van der Waals surface area contributed by atoms with Gasteiger partial charge in [-0.05, 0) is 61.1 Å². The average Bonchev–Trinajstić information content (AvgIpc) is 3.00. The molecule has 3 unspecified atom stereocenters. The zero-order valence-corrected chi connectivity index (χ0v) is 11.6. The Labute approximate surface area is 115 Å². The third-order valence-electron chi connectivity index (χ3n) is 4.79. The monoisotopic (exact) mass is 263 g/mol. The van der Waals surface area contributed by atoms with Crippen LogP contribution in [0.4, 0.5) is 5.69 Å². The summed E-state index contributed by atoms with van der Waals surface area (Å²) >= 11 is 5.74. The molecule has 1 nitrogen and oxygen atoms in total. The lowest BCUT2D eigenvalue weighted by Gasteiger charge is -2.22. The lowest BCUT2D eigenvalue weighted by Crippen LogP contribution is -2.20. The molecule has 3 rings (SSSR count). The second-order valence-corrected chi connectivity index (χ2v) is 6.33. The van der Waals surface area contributed by atoms with Gasteiger partial charge in [-0.2, -0.15) is 0 Å². The Kier molecular flexibility index (Phi) is 3.79. The molecular formula is C16H22ClN. The molecule has 2 bridgehead atoms. The van der Waals surface area contributed by atoms with Crippen molar-refractivity contribution in [2.24, 2.45) is 17.8 Å². The SMILES string of the molecule is ClCCc1ccc(NCC2CC3CCC2C3)cc1. The standard InChI is InChI=1S/C16H22ClN/c17-8-7-12-2-5-16(6-3-12)18-11-15-10-13-1-4-14(15)9-13/h2-3,5-6,13-15,18H,1,4,7-11H2. The van der Waals surface area contributed by atoms with Crippen LogP contribution in [0.2, 0.25) is 0 Å². The second kappa shape index (κ2) is 5.52. The summed E-state index contributed by atoms with van der Waals surface area (Å²) in [6, 6.07) is 8.75. The minimum atomic E-state index is 0.706. The molecule has 0 radical (unpaired) electrons. The molecule has 2 aliphatic rings. The highest BCUT2D eigenvalue weighted by atomic mass is 35.5. The lowest BCUT2D eigenvalue weighted by atomic mass is 9.89. The summed E-state index contributed by atoms with van der Waals surface area (Å²) in [7, 11) is 0. The quantitative estimate of drug-likeness (QED) is 0.781. The Morgan fingerprint density at radius 3 is 2.56 bits per heavy atom. The van der Waals surface area contributed by atoms with E-state index >= 15 is 0 Å². The molecule has 2 aliphatic carbocycles. The van der Waals surface area contributed by atoms with Crippen molar-refractivity contribution in [2.75, 3.05) is 17.7 Å². The van der Waals surface area contributed by atoms with Crippen molar-refractivity contribution in [3.05, 3.63) is 29.8 Å². The number of alkyl halides is 1. The molecule has 2 fully saturated rings. The predicted octanol–water partition coefficient (Wildman–Crippen LogP) is 4.32. The van der Waals surface area contributed by atoms with E-state index in [-0.39, 0.29) is 0 Å². The van der Waals surface area contributed by atoms with E-state index in [1.165, 1.54) is 36.9 Å². The fourth-order valence-electron chi connectivity index (χ4n) is 3.77. The van der Waals surface area contributed by atoms with Crippen LogP contribution in [0.3, 0.4) is 0 Å². The normalized spacial score (nSPS) is 29.7. The highest BCUT2D eigenvalue weighted by Gasteiger charge is 2.38. The van der Waals surface area contributed by atoms with E-state index in [0.717, 1.165) is 30.7 Å². The van der Waals surface area contributed by atoms with Gasteiger partial charge in [0, 0.05) is 18.1 Å². The van der Waals surface area contributed by atoms with Crippen molar-refractivity contribution in [3.63, 3.8) is 0 Å². The summed E-state index contributed by atoms with van der Waals surface area (Å²) in [6.45, 7) is 1.16. The Bertz CT molecular complexity index is 387. The minimum Gasteiger partial charge on any atom is -0.385 e. The zero-order chi connectivity index (χ0) is 12.4. The topological polar surface area (TPSA) is 12.0 Å². The molecule has 0 aliphatic heterocycles. The Hall–Kier alpha value is -0.690. The van der Waals surface area contributed by atoms with Gasteiger partial charge in [0.1, 0.15) is 0 Å². The van der Waals surface area contributed by atoms with Crippen LogP contribution < -0.4 is 5.32 Å². The minimum absolute atomic E-state index is 0.706. The number of fused-ring (bicyclic) bond motifs is 2. The van der Waals surface area contributed by atoms with Crippen LogP contribution in [-0.2, 0) is 6.42 Å². The van der Waals surface area contributed by atoms with E-state index < -0.39 is 0 Å². The van der Waals surface area contributed by atoms with Gasteiger partial charge in [-0.1, -0.05) is 18.6 Å². The molecule has 1 aromatic carbocycles. The largest absolute Gasteiger partial charge is 0.385 e. The van der Waals surface area contributed by atoms with Crippen molar-refractivity contribution in [2.45, 2.75) is 32.1 Å². The molecule has 0 heterocycles. The van der Waals surface area contributed by atoms with Gasteiger partial charge in [0.2, 0.25) is 0 Å². The number of hydrogen-bond acceptors (Lipinski definition) is 1. The smallest absolute Gasteiger partial charge is 0.0340 e. The van der Waals surface area contributed by atoms with E-state index in [1.807, 2.05) is 0 Å². The average molecular weight is 264 g/mol. The van der Waals surface area contributed by atoms with Gasteiger partial charge >= 0.3 is 0 Å². The van der Waals surface area contributed by atoms with Crippen molar-refractivity contribution >= 4 is 17.3 Å². The van der Waals surface area contributed by atoms with Gasteiger partial charge in [0.15, 0.2) is 0 Å². The first-order valence-corrected chi connectivity index (χ1v) is 7.77. The summed E-state index contributed by atoms with van der Waals surface area (Å²) < 4.78 is 0. The highest BCUT2D eigenvalue weighted by molar-refractivity contribution is 6.17. The number of hydrogen-bond donors (Lipinski definition) is 1. The number of benzene rings is 1. The second-order valence-electron chi connectivity index (χ2n) is 5.95. The maximum Gasteiger partial charge on any atom is 0.0340 e. The zero-order valence-electron chi connectivity index (χ0n) is 10.9. The van der Waals surface area contributed by atoms with Crippen molar-refractivity contribution in [1.29, 1.82) is 0 Å². The number of nitrogens with one attached hydrogen (secondary N) is 1. The Balaban J connectivity index is 1.50. The Morgan fingerprint density at radius 1 is 1.11 bits per heavy atom. The van der Waals surface area contributed by atoms with Crippen LogP contribution in [0.5, 0.6) is 0 Å². The summed E-state index contributed by atoms with van der Waals surface area (Å²) in [6.07, 6.45) is 6.90. The molecule has 2 saturated carbocycles. The van der Waals surface area contributed by atoms with Crippen molar-refractivity contribution < 1.29 is 0 Å². The van der Waals surface area contributed by atoms with Gasteiger partial charge in [-0.25, -0.2) is 0 Å². The van der Waals surface area contributed by atoms with Crippen molar-refractivity contribution in [3.8, 4) is 0 Å². The van der Waals surface area contributed by atoms with Gasteiger partial charge < -0.3 is 5.32 Å². The first-order valence-electron chi connectivity index (χ1n) is 7.24. The molecule has 2 heteroatoms. The molecule has 0 spiro atoms. The van der Waals surface area contributed by atoms with Gasteiger partial charge in [0.05, 0.1) is 0 Å². The molecule has 18 heavy (non-hydrogen) atoms. The number of halogens is 1. The van der Waals surface area contributed by atoms with Crippen LogP contribution in [0.1, 0.15) is 31.2 Å². The summed E-state index contributed by atoms with van der Waals surface area (Å²) in [5.41, 5.74) is 2.59. The fraction of sp³-hybridized carbons (Fsp3) is 0.625. The molecule has 0 amide bonds. The third kappa shape index (κ3) is 2.66. The predicted molar refractivity (Wildman–Crippen MR) is 78.3 cm³/mol. The van der Waals surface area contributed by atoms with Crippen LogP contribution in [0.25, 0.3) is 0 Å². The maximum absolute atomic E-state index is 5.74. The van der Waals surface area contributed by atoms with Crippen LogP contribution in [-0.4, -0.2) is 12.4 Å². The van der Waals surface area contributed by atoms with E-state index in [9.17, 15) is 0 Å². The van der Waals surface area contributed by atoms with Crippen LogP contribution in [0.15, 0.2) is 24.3 Å². The molecule has 98 valence electrons. The van der Waals surface area contributed by atoms with E-state index in [4.69, 9.17) is 11.6 Å². The fourth-order valence-corrected chi connectivity index (χ4v) is 3.99. The van der Waals surface area contributed by atoms with Crippen LogP contribution in [0, 0.1) is 17.8 Å². The molecular weight excluding hydrogens is 242 g/mol. The van der Waals surface area contributed by atoms with E-state index in [2.05, 4.69) is 29.6 Å². The van der Waals surface area contributed by atoms with Gasteiger partial charge in [-0.15, -0.1) is 11.6 Å². The first-order chi connectivity index (χ1) is 8.85. The van der Waals surface area contributed by atoms with Gasteiger partial charge in [-0.3, -0.25) is 0 Å². The molecule has 0 aromatic heterocycles. The maximum atomic E-state index is 5.74. The van der Waals surface area contributed by atoms with Gasteiger partial charge in [0.25, 0.3) is 0 Å². The number of anilines is 1. The van der Waals surface area contributed by atoms with E-state index in [0.29, 0.717) is 5.88 Å². The molecule has 1 N–H and O–H groups in total. The molecule has 1 aromatic rings. The van der Waals surface area contributed by atoms with Crippen LogP contribution >= 0.6 is 11.6 Å². The first kappa shape index (κ1) is 12.3. The number of aryl methyl sites for hydroxylation is 1. The molecule has 0 saturated heterocycles.